The highest BCUT2D eigenvalue weighted by atomic mass is 16.5. The highest BCUT2D eigenvalue weighted by molar-refractivity contribution is 5.65. The van der Waals surface area contributed by atoms with E-state index in [-0.39, 0.29) is 0 Å². The van der Waals surface area contributed by atoms with E-state index in [0.717, 1.165) is 16.8 Å². The Hall–Kier alpha value is -2.41. The van der Waals surface area contributed by atoms with E-state index in [4.69, 9.17) is 10.00 Å². The highest BCUT2D eigenvalue weighted by Gasteiger charge is 2.07. The van der Waals surface area contributed by atoms with Gasteiger partial charge in [0.2, 0.25) is 5.88 Å². The lowest BCUT2D eigenvalue weighted by atomic mass is 10.1. The topological polar surface area (TPSA) is 58.8 Å². The Balaban J connectivity index is 2.45. The predicted octanol–water partition coefficient (Wildman–Crippen LogP) is 2.72. The van der Waals surface area contributed by atoms with E-state index in [9.17, 15) is 0 Å². The summed E-state index contributed by atoms with van der Waals surface area (Å²) < 4.78 is 5.30. The molecule has 0 aliphatic carbocycles. The summed E-state index contributed by atoms with van der Waals surface area (Å²) in [6.07, 6.45) is 3.45. The van der Waals surface area contributed by atoms with Crippen LogP contribution in [0.2, 0.25) is 0 Å². The van der Waals surface area contributed by atoms with Crippen LogP contribution in [0.4, 0.5) is 0 Å². The van der Waals surface area contributed by atoms with Gasteiger partial charge < -0.3 is 4.74 Å². The van der Waals surface area contributed by atoms with Crippen LogP contribution in [0.3, 0.4) is 0 Å². The molecule has 0 amide bonds. The first-order valence-corrected chi connectivity index (χ1v) is 5.70. The molecule has 4 nitrogen and oxygen atoms in total. The minimum atomic E-state index is 0.384. The van der Waals surface area contributed by atoms with Gasteiger partial charge in [-0.1, -0.05) is 0 Å². The van der Waals surface area contributed by atoms with Gasteiger partial charge in [-0.2, -0.15) is 5.26 Å². The maximum absolute atomic E-state index is 9.09. The minimum absolute atomic E-state index is 0.384. The third kappa shape index (κ3) is 2.46. The van der Waals surface area contributed by atoms with Gasteiger partial charge in [-0.25, -0.2) is 4.98 Å². The zero-order chi connectivity index (χ0) is 13.0. The van der Waals surface area contributed by atoms with Crippen LogP contribution in [-0.4, -0.2) is 16.6 Å². The van der Waals surface area contributed by atoms with Crippen molar-refractivity contribution in [2.75, 3.05) is 6.61 Å². The molecule has 4 heteroatoms. The summed E-state index contributed by atoms with van der Waals surface area (Å²) >= 11 is 0. The minimum Gasteiger partial charge on any atom is -0.477 e. The summed E-state index contributed by atoms with van der Waals surface area (Å²) in [5.74, 6) is 0.384. The lowest BCUT2D eigenvalue weighted by Crippen LogP contribution is -1.97. The largest absolute Gasteiger partial charge is 0.477 e. The number of pyridine rings is 2. The molecule has 0 aliphatic rings. The molecule has 0 fully saturated rings. The van der Waals surface area contributed by atoms with E-state index in [1.165, 1.54) is 0 Å². The molecule has 0 N–H and O–H groups in total. The van der Waals surface area contributed by atoms with Crippen LogP contribution in [0, 0.1) is 18.3 Å². The molecule has 90 valence electrons. The van der Waals surface area contributed by atoms with Crippen LogP contribution < -0.4 is 4.74 Å². The molecule has 0 saturated heterocycles. The lowest BCUT2D eigenvalue weighted by Gasteiger charge is -2.06. The van der Waals surface area contributed by atoms with Crippen molar-refractivity contribution in [1.82, 2.24) is 9.97 Å². The maximum atomic E-state index is 9.09. The van der Waals surface area contributed by atoms with Gasteiger partial charge in [-0.05, 0) is 37.6 Å². The molecule has 0 unspecified atom stereocenters. The average molecular weight is 239 g/mol. The number of nitrogens with zero attached hydrogens (tertiary/aromatic N) is 3. The van der Waals surface area contributed by atoms with E-state index in [2.05, 4.69) is 16.0 Å². The zero-order valence-corrected chi connectivity index (χ0v) is 10.3. The Morgan fingerprint density at radius 1 is 1.28 bits per heavy atom. The van der Waals surface area contributed by atoms with Gasteiger partial charge in [-0.15, -0.1) is 0 Å². The fourth-order valence-corrected chi connectivity index (χ4v) is 1.67. The van der Waals surface area contributed by atoms with Gasteiger partial charge in [0.1, 0.15) is 11.6 Å². The first-order valence-electron chi connectivity index (χ1n) is 5.70. The smallest absolute Gasteiger partial charge is 0.231 e. The van der Waals surface area contributed by atoms with Crippen molar-refractivity contribution < 1.29 is 4.74 Å². The van der Waals surface area contributed by atoms with Crippen LogP contribution in [-0.2, 0) is 0 Å². The third-order valence-electron chi connectivity index (χ3n) is 2.48. The number of aryl methyl sites for hydroxylation is 1. The second-order valence-corrected chi connectivity index (χ2v) is 3.81. The van der Waals surface area contributed by atoms with Gasteiger partial charge in [0.15, 0.2) is 0 Å². The Labute approximate surface area is 106 Å². The number of ether oxygens (including phenoxy) is 1. The second-order valence-electron chi connectivity index (χ2n) is 3.81. The maximum Gasteiger partial charge on any atom is 0.231 e. The quantitative estimate of drug-likeness (QED) is 0.826. The monoisotopic (exact) mass is 239 g/mol. The molecule has 18 heavy (non-hydrogen) atoms. The van der Waals surface area contributed by atoms with Crippen molar-refractivity contribution in [3.05, 3.63) is 41.9 Å². The number of hydrogen-bond acceptors (Lipinski definition) is 4. The van der Waals surface area contributed by atoms with E-state index < -0.39 is 0 Å². The first kappa shape index (κ1) is 12.1. The normalized spacial score (nSPS) is 9.83. The highest BCUT2D eigenvalue weighted by Crippen LogP contribution is 2.23. The molecule has 0 spiro atoms. The number of nitriles is 1. The summed E-state index contributed by atoms with van der Waals surface area (Å²) in [5, 5.41) is 9.09. The fourth-order valence-electron chi connectivity index (χ4n) is 1.67. The molecular weight excluding hydrogens is 226 g/mol. The van der Waals surface area contributed by atoms with Gasteiger partial charge in [0.05, 0.1) is 6.61 Å². The molecule has 0 aromatic carbocycles. The lowest BCUT2D eigenvalue weighted by molar-refractivity contribution is 0.326. The van der Waals surface area contributed by atoms with E-state index >= 15 is 0 Å². The van der Waals surface area contributed by atoms with Crippen molar-refractivity contribution in [2.24, 2.45) is 0 Å². The van der Waals surface area contributed by atoms with Crippen LogP contribution in [0.15, 0.2) is 30.6 Å². The van der Waals surface area contributed by atoms with Crippen molar-refractivity contribution in [2.45, 2.75) is 13.8 Å². The van der Waals surface area contributed by atoms with Gasteiger partial charge in [0, 0.05) is 23.7 Å². The van der Waals surface area contributed by atoms with E-state index in [1.54, 1.807) is 18.5 Å². The summed E-state index contributed by atoms with van der Waals surface area (Å²) in [7, 11) is 0. The van der Waals surface area contributed by atoms with Gasteiger partial charge in [0.25, 0.3) is 0 Å². The average Bonchev–Trinajstić information content (AvgIpc) is 2.39. The SMILES string of the molecule is CCOc1ncc(-c2ccnc(C)c2)cc1C#N. The standard InChI is InChI=1S/C14H13N3O/c1-3-18-14-12(8-15)7-13(9-17-14)11-4-5-16-10(2)6-11/h4-7,9H,3H2,1-2H3. The summed E-state index contributed by atoms with van der Waals surface area (Å²) in [4.78, 5) is 8.32. The van der Waals surface area contributed by atoms with Crippen LogP contribution >= 0.6 is 0 Å². The summed E-state index contributed by atoms with van der Waals surface area (Å²) in [5.41, 5.74) is 3.26. The molecule has 2 heterocycles. The Morgan fingerprint density at radius 3 is 2.78 bits per heavy atom. The van der Waals surface area contributed by atoms with Crippen LogP contribution in [0.5, 0.6) is 5.88 Å². The first-order chi connectivity index (χ1) is 8.74. The predicted molar refractivity (Wildman–Crippen MR) is 68.1 cm³/mol. The Bertz CT molecular complexity index is 602. The zero-order valence-electron chi connectivity index (χ0n) is 10.3. The molecular formula is C14H13N3O. The molecule has 2 rings (SSSR count). The Morgan fingerprint density at radius 2 is 2.11 bits per heavy atom. The summed E-state index contributed by atoms with van der Waals surface area (Å²) in [6.45, 7) is 4.29. The fraction of sp³-hybridized carbons (Fsp3) is 0.214. The van der Waals surface area contributed by atoms with Crippen molar-refractivity contribution >= 4 is 0 Å². The van der Waals surface area contributed by atoms with Crippen molar-refractivity contribution in [1.29, 1.82) is 5.26 Å². The van der Waals surface area contributed by atoms with E-state index in [1.807, 2.05) is 26.0 Å². The van der Waals surface area contributed by atoms with Crippen LogP contribution in [0.25, 0.3) is 11.1 Å². The van der Waals surface area contributed by atoms with E-state index in [0.29, 0.717) is 18.1 Å². The molecule has 2 aromatic heterocycles. The van der Waals surface area contributed by atoms with Crippen molar-refractivity contribution in [3.8, 4) is 23.1 Å². The molecule has 0 aliphatic heterocycles. The third-order valence-corrected chi connectivity index (χ3v) is 2.48. The van der Waals surface area contributed by atoms with Crippen molar-refractivity contribution in [3.63, 3.8) is 0 Å². The molecule has 0 atom stereocenters. The molecule has 0 saturated carbocycles. The Kier molecular flexibility index (Phi) is 3.54. The molecule has 0 radical (unpaired) electrons. The molecule has 2 aromatic rings. The molecule has 0 bridgehead atoms. The van der Waals surface area contributed by atoms with Gasteiger partial charge >= 0.3 is 0 Å². The van der Waals surface area contributed by atoms with Crippen LogP contribution in [0.1, 0.15) is 18.2 Å². The summed E-state index contributed by atoms with van der Waals surface area (Å²) in [6, 6.07) is 7.74. The second kappa shape index (κ2) is 5.28. The number of aromatic nitrogens is 2. The number of rotatable bonds is 3. The van der Waals surface area contributed by atoms with Gasteiger partial charge in [-0.3, -0.25) is 4.98 Å². The number of hydrogen-bond donors (Lipinski definition) is 0.